The zero-order valence-electron chi connectivity index (χ0n) is 13.0. The summed E-state index contributed by atoms with van der Waals surface area (Å²) in [4.78, 5) is 17.6. The Labute approximate surface area is 146 Å². The SMILES string of the molecule is C[S@@](=O)Cc1cccc(C(=O)NCc2coc(-c3cccs3)n2)c1. The highest BCUT2D eigenvalue weighted by Gasteiger charge is 2.10. The van der Waals surface area contributed by atoms with E-state index in [9.17, 15) is 9.00 Å². The van der Waals surface area contributed by atoms with Crippen LogP contribution in [-0.4, -0.2) is 21.4 Å². The highest BCUT2D eigenvalue weighted by Crippen LogP contribution is 2.23. The predicted octanol–water partition coefficient (Wildman–Crippen LogP) is 3.21. The van der Waals surface area contributed by atoms with Crippen molar-refractivity contribution in [3.8, 4) is 10.8 Å². The van der Waals surface area contributed by atoms with Gasteiger partial charge in [-0.1, -0.05) is 18.2 Å². The molecule has 0 radical (unpaired) electrons. The number of hydrogen-bond acceptors (Lipinski definition) is 5. The smallest absolute Gasteiger partial charge is 0.251 e. The number of aromatic nitrogens is 1. The Balaban J connectivity index is 1.62. The third-order valence-electron chi connectivity index (χ3n) is 3.27. The minimum absolute atomic E-state index is 0.195. The highest BCUT2D eigenvalue weighted by atomic mass is 32.2. The van der Waals surface area contributed by atoms with Crippen LogP contribution in [0.1, 0.15) is 21.6 Å². The van der Waals surface area contributed by atoms with Crippen LogP contribution in [-0.2, 0) is 23.1 Å². The van der Waals surface area contributed by atoms with Crippen molar-refractivity contribution < 1.29 is 13.4 Å². The van der Waals surface area contributed by atoms with Crippen molar-refractivity contribution in [3.05, 3.63) is 64.9 Å². The van der Waals surface area contributed by atoms with Crippen molar-refractivity contribution in [1.29, 1.82) is 0 Å². The molecule has 5 nitrogen and oxygen atoms in total. The lowest BCUT2D eigenvalue weighted by atomic mass is 10.1. The molecule has 2 aromatic heterocycles. The van der Waals surface area contributed by atoms with Crippen molar-refractivity contribution in [2.45, 2.75) is 12.3 Å². The molecule has 2 heterocycles. The van der Waals surface area contributed by atoms with E-state index in [0.29, 0.717) is 22.9 Å². The maximum atomic E-state index is 12.2. The Bertz CT molecular complexity index is 856. The van der Waals surface area contributed by atoms with Crippen LogP contribution in [0.3, 0.4) is 0 Å². The molecule has 3 aromatic rings. The van der Waals surface area contributed by atoms with E-state index in [1.54, 1.807) is 42.1 Å². The average Bonchev–Trinajstić information content (AvgIpc) is 3.23. The fourth-order valence-corrected chi connectivity index (χ4v) is 3.52. The van der Waals surface area contributed by atoms with E-state index in [0.717, 1.165) is 10.4 Å². The van der Waals surface area contributed by atoms with Gasteiger partial charge >= 0.3 is 0 Å². The first-order valence-corrected chi connectivity index (χ1v) is 9.88. The van der Waals surface area contributed by atoms with Crippen LogP contribution in [0.2, 0.25) is 0 Å². The molecular weight excluding hydrogens is 344 g/mol. The van der Waals surface area contributed by atoms with Crippen LogP contribution in [0.4, 0.5) is 0 Å². The first-order valence-electron chi connectivity index (χ1n) is 7.27. The highest BCUT2D eigenvalue weighted by molar-refractivity contribution is 7.83. The summed E-state index contributed by atoms with van der Waals surface area (Å²) >= 11 is 1.55. The van der Waals surface area contributed by atoms with Crippen LogP contribution < -0.4 is 5.32 Å². The maximum absolute atomic E-state index is 12.2. The molecule has 0 aliphatic heterocycles. The van der Waals surface area contributed by atoms with Gasteiger partial charge < -0.3 is 9.73 Å². The van der Waals surface area contributed by atoms with E-state index >= 15 is 0 Å². The normalized spacial score (nSPS) is 12.0. The number of nitrogens with zero attached hydrogens (tertiary/aromatic N) is 1. The lowest BCUT2D eigenvalue weighted by Gasteiger charge is -2.05. The van der Waals surface area contributed by atoms with Crippen LogP contribution in [0.25, 0.3) is 10.8 Å². The van der Waals surface area contributed by atoms with Gasteiger partial charge in [0.25, 0.3) is 5.91 Å². The van der Waals surface area contributed by atoms with Gasteiger partial charge in [0.2, 0.25) is 5.89 Å². The molecule has 0 aliphatic carbocycles. The largest absolute Gasteiger partial charge is 0.443 e. The molecule has 1 amide bonds. The fourth-order valence-electron chi connectivity index (χ4n) is 2.21. The summed E-state index contributed by atoms with van der Waals surface area (Å²) in [6, 6.07) is 11.0. The number of amides is 1. The van der Waals surface area contributed by atoms with E-state index in [2.05, 4.69) is 10.3 Å². The van der Waals surface area contributed by atoms with Crippen molar-refractivity contribution in [3.63, 3.8) is 0 Å². The van der Waals surface area contributed by atoms with Gasteiger partial charge in [-0.25, -0.2) is 4.98 Å². The fraction of sp³-hybridized carbons (Fsp3) is 0.176. The van der Waals surface area contributed by atoms with E-state index in [1.807, 2.05) is 23.6 Å². The molecular formula is C17H16N2O3S2. The third kappa shape index (κ3) is 4.18. The van der Waals surface area contributed by atoms with E-state index in [1.165, 1.54) is 0 Å². The minimum atomic E-state index is -0.937. The lowest BCUT2D eigenvalue weighted by molar-refractivity contribution is 0.0950. The average molecular weight is 360 g/mol. The van der Waals surface area contributed by atoms with Gasteiger partial charge in [-0.3, -0.25) is 9.00 Å². The molecule has 0 saturated carbocycles. The van der Waals surface area contributed by atoms with Crippen LogP contribution in [0, 0.1) is 0 Å². The van der Waals surface area contributed by atoms with Crippen LogP contribution in [0.5, 0.6) is 0 Å². The summed E-state index contributed by atoms with van der Waals surface area (Å²) in [5.74, 6) is 0.801. The summed E-state index contributed by atoms with van der Waals surface area (Å²) in [7, 11) is -0.937. The van der Waals surface area contributed by atoms with Crippen molar-refractivity contribution in [2.75, 3.05) is 6.26 Å². The quantitative estimate of drug-likeness (QED) is 0.733. The number of carbonyl (C=O) groups excluding carboxylic acids is 1. The number of carbonyl (C=O) groups is 1. The molecule has 0 aliphatic rings. The lowest BCUT2D eigenvalue weighted by Crippen LogP contribution is -2.23. The number of nitrogens with one attached hydrogen (secondary N) is 1. The predicted molar refractivity (Wildman–Crippen MR) is 95.2 cm³/mol. The molecule has 0 fully saturated rings. The van der Waals surface area contributed by atoms with Gasteiger partial charge in [0.1, 0.15) is 6.26 Å². The Kier molecular flexibility index (Phi) is 5.22. The Morgan fingerprint density at radius 1 is 1.33 bits per heavy atom. The summed E-state index contributed by atoms with van der Waals surface area (Å²) in [5.41, 5.74) is 2.09. The minimum Gasteiger partial charge on any atom is -0.443 e. The Hall–Kier alpha value is -2.25. The summed E-state index contributed by atoms with van der Waals surface area (Å²) < 4.78 is 16.7. The van der Waals surface area contributed by atoms with Gasteiger partial charge in [0.15, 0.2) is 0 Å². The zero-order chi connectivity index (χ0) is 16.9. The van der Waals surface area contributed by atoms with Crippen molar-refractivity contribution >= 4 is 28.0 Å². The second-order valence-corrected chi connectivity index (χ2v) is 7.60. The molecule has 1 atom stereocenters. The van der Waals surface area contributed by atoms with Gasteiger partial charge in [-0.15, -0.1) is 11.3 Å². The second-order valence-electron chi connectivity index (χ2n) is 5.22. The first-order chi connectivity index (χ1) is 11.6. The molecule has 24 heavy (non-hydrogen) atoms. The molecule has 3 rings (SSSR count). The molecule has 124 valence electrons. The van der Waals surface area contributed by atoms with Crippen molar-refractivity contribution in [1.82, 2.24) is 10.3 Å². The van der Waals surface area contributed by atoms with Gasteiger partial charge in [-0.2, -0.15) is 0 Å². The standard InChI is InChI=1S/C17H16N2O3S2/c1-24(21)11-12-4-2-5-13(8-12)16(20)18-9-14-10-22-17(19-14)15-6-3-7-23-15/h2-8,10H,9,11H2,1H3,(H,18,20)/t24-/m1/s1. The molecule has 1 N–H and O–H groups in total. The third-order valence-corrected chi connectivity index (χ3v) is 4.87. The maximum Gasteiger partial charge on any atom is 0.251 e. The van der Waals surface area contributed by atoms with Gasteiger partial charge in [0.05, 0.1) is 17.1 Å². The molecule has 0 unspecified atom stereocenters. The molecule has 1 aromatic carbocycles. The summed E-state index contributed by atoms with van der Waals surface area (Å²) in [5, 5.41) is 4.78. The number of hydrogen-bond donors (Lipinski definition) is 1. The summed E-state index contributed by atoms with van der Waals surface area (Å²) in [6.45, 7) is 0.289. The topological polar surface area (TPSA) is 72.2 Å². The van der Waals surface area contributed by atoms with E-state index < -0.39 is 10.8 Å². The monoisotopic (exact) mass is 360 g/mol. The van der Waals surface area contributed by atoms with Crippen molar-refractivity contribution in [2.24, 2.45) is 0 Å². The second kappa shape index (κ2) is 7.55. The number of rotatable bonds is 6. The van der Waals surface area contributed by atoms with Crippen LogP contribution >= 0.6 is 11.3 Å². The van der Waals surface area contributed by atoms with E-state index in [-0.39, 0.29) is 12.5 Å². The van der Waals surface area contributed by atoms with Gasteiger partial charge in [0, 0.05) is 28.4 Å². The molecule has 0 spiro atoms. The number of thiophene rings is 1. The zero-order valence-corrected chi connectivity index (χ0v) is 14.7. The Morgan fingerprint density at radius 3 is 2.96 bits per heavy atom. The number of oxazole rings is 1. The Morgan fingerprint density at radius 2 is 2.21 bits per heavy atom. The van der Waals surface area contributed by atoms with Crippen LogP contribution in [0.15, 0.2) is 52.5 Å². The van der Waals surface area contributed by atoms with E-state index in [4.69, 9.17) is 4.42 Å². The van der Waals surface area contributed by atoms with Gasteiger partial charge in [-0.05, 0) is 29.1 Å². The summed E-state index contributed by atoms with van der Waals surface area (Å²) in [6.07, 6.45) is 3.19. The molecule has 7 heteroatoms. The first kappa shape index (κ1) is 16.6. The molecule has 0 bridgehead atoms. The number of benzene rings is 1. The molecule has 0 saturated heterocycles.